The summed E-state index contributed by atoms with van der Waals surface area (Å²) in [5.74, 6) is -0.374. The molecular weight excluding hydrogens is 430 g/mol. The van der Waals surface area contributed by atoms with E-state index >= 15 is 0 Å². The molecule has 3 amide bonds. The van der Waals surface area contributed by atoms with Gasteiger partial charge in [-0.05, 0) is 48.8 Å². The summed E-state index contributed by atoms with van der Waals surface area (Å²) in [5.41, 5.74) is 1.26. The van der Waals surface area contributed by atoms with Crippen LogP contribution in [0.2, 0.25) is 0 Å². The summed E-state index contributed by atoms with van der Waals surface area (Å²) in [4.78, 5) is 54.3. The Hall–Kier alpha value is -3.66. The fourth-order valence-corrected chi connectivity index (χ4v) is 3.92. The van der Waals surface area contributed by atoms with E-state index in [0.29, 0.717) is 28.7 Å². The molecule has 0 bridgehead atoms. The van der Waals surface area contributed by atoms with Crippen molar-refractivity contribution in [2.24, 2.45) is 0 Å². The van der Waals surface area contributed by atoms with Gasteiger partial charge in [0, 0.05) is 5.69 Å². The van der Waals surface area contributed by atoms with E-state index < -0.39 is 17.9 Å². The predicted molar refractivity (Wildman–Crippen MR) is 124 cm³/mol. The lowest BCUT2D eigenvalue weighted by molar-refractivity contribution is -0.118. The van der Waals surface area contributed by atoms with Crippen LogP contribution in [0.15, 0.2) is 53.6 Å². The average molecular weight is 452 g/mol. The number of hydrogen-bond acceptors (Lipinski definition) is 6. The molecule has 1 aliphatic heterocycles. The smallest absolute Gasteiger partial charge is 0.261 e. The molecule has 10 heteroatoms. The Balaban J connectivity index is 1.50. The second-order valence-electron chi connectivity index (χ2n) is 7.30. The number of nitrogens with one attached hydrogen (secondary N) is 3. The van der Waals surface area contributed by atoms with Crippen molar-refractivity contribution < 1.29 is 14.4 Å². The zero-order valence-electron chi connectivity index (χ0n) is 17.3. The zero-order valence-corrected chi connectivity index (χ0v) is 18.1. The number of para-hydroxylation sites is 1. The first-order chi connectivity index (χ1) is 15.5. The second kappa shape index (κ2) is 9.23. The number of anilines is 2. The van der Waals surface area contributed by atoms with E-state index in [4.69, 9.17) is 0 Å². The molecule has 0 unspecified atom stereocenters. The quantitative estimate of drug-likeness (QED) is 0.526. The number of hydrogen-bond donors (Lipinski definition) is 3. The van der Waals surface area contributed by atoms with Crippen LogP contribution in [-0.4, -0.2) is 45.3 Å². The van der Waals surface area contributed by atoms with Crippen molar-refractivity contribution in [2.45, 2.75) is 19.0 Å². The molecule has 2 aromatic carbocycles. The maximum Gasteiger partial charge on any atom is 0.261 e. The zero-order chi connectivity index (χ0) is 22.7. The average Bonchev–Trinajstić information content (AvgIpc) is 2.90. The van der Waals surface area contributed by atoms with Crippen molar-refractivity contribution in [2.75, 3.05) is 22.6 Å². The molecule has 3 N–H and O–H groups in total. The fourth-order valence-electron chi connectivity index (χ4n) is 3.45. The van der Waals surface area contributed by atoms with Crippen molar-refractivity contribution in [1.82, 2.24) is 14.9 Å². The number of aromatic nitrogens is 2. The van der Waals surface area contributed by atoms with E-state index in [-0.39, 0.29) is 23.6 Å². The molecule has 0 saturated heterocycles. The van der Waals surface area contributed by atoms with Gasteiger partial charge in [0.15, 0.2) is 0 Å². The minimum absolute atomic E-state index is 0.229. The lowest BCUT2D eigenvalue weighted by atomic mass is 10.1. The first kappa shape index (κ1) is 21.6. The van der Waals surface area contributed by atoms with Gasteiger partial charge in [-0.15, -0.1) is 0 Å². The Labute approximate surface area is 187 Å². The van der Waals surface area contributed by atoms with Crippen LogP contribution < -0.4 is 21.5 Å². The minimum atomic E-state index is -0.618. The third kappa shape index (κ3) is 4.50. The lowest BCUT2D eigenvalue weighted by Gasteiger charge is -2.13. The molecule has 4 rings (SSSR count). The first-order valence-electron chi connectivity index (χ1n) is 9.95. The first-order valence-corrected chi connectivity index (χ1v) is 11.3. The molecule has 164 valence electrons. The summed E-state index contributed by atoms with van der Waals surface area (Å²) >= 11 is 1.59. The number of carbonyl (C=O) groups is 3. The van der Waals surface area contributed by atoms with Crippen molar-refractivity contribution in [3.63, 3.8) is 0 Å². The van der Waals surface area contributed by atoms with E-state index in [0.717, 1.165) is 5.75 Å². The molecule has 2 heterocycles. The number of benzene rings is 2. The van der Waals surface area contributed by atoms with E-state index in [1.165, 1.54) is 17.0 Å². The van der Waals surface area contributed by atoms with Crippen LogP contribution >= 0.6 is 11.8 Å². The third-order valence-corrected chi connectivity index (χ3v) is 5.73. The van der Waals surface area contributed by atoms with E-state index in [1.54, 1.807) is 48.2 Å². The second-order valence-corrected chi connectivity index (χ2v) is 8.29. The Kier molecular flexibility index (Phi) is 6.22. The monoisotopic (exact) mass is 451 g/mol. The van der Waals surface area contributed by atoms with Crippen LogP contribution in [0.25, 0.3) is 10.9 Å². The Morgan fingerprint density at radius 3 is 2.81 bits per heavy atom. The summed E-state index contributed by atoms with van der Waals surface area (Å²) < 4.78 is 1.23. The molecule has 9 nitrogen and oxygen atoms in total. The van der Waals surface area contributed by atoms with Gasteiger partial charge in [0.05, 0.1) is 28.5 Å². The van der Waals surface area contributed by atoms with Crippen molar-refractivity contribution in [3.8, 4) is 0 Å². The highest BCUT2D eigenvalue weighted by molar-refractivity contribution is 7.98. The maximum atomic E-state index is 12.6. The van der Waals surface area contributed by atoms with Gasteiger partial charge in [0.25, 0.3) is 11.5 Å². The number of fused-ring (bicyclic) bond motifs is 2. The molecular formula is C22H21N5O4S. The van der Waals surface area contributed by atoms with Gasteiger partial charge in [-0.25, -0.2) is 4.98 Å². The van der Waals surface area contributed by atoms with Crippen LogP contribution in [0, 0.1) is 0 Å². The van der Waals surface area contributed by atoms with Gasteiger partial charge in [-0.3, -0.25) is 23.7 Å². The van der Waals surface area contributed by atoms with Gasteiger partial charge in [-0.1, -0.05) is 12.1 Å². The molecule has 1 aliphatic rings. The summed E-state index contributed by atoms with van der Waals surface area (Å²) in [6, 6.07) is 11.0. The molecule has 32 heavy (non-hydrogen) atoms. The highest BCUT2D eigenvalue weighted by Gasteiger charge is 2.27. The minimum Gasteiger partial charge on any atom is -0.340 e. The fraction of sp³-hybridized carbons (Fsp3) is 0.227. The molecule has 0 saturated carbocycles. The predicted octanol–water partition coefficient (Wildman–Crippen LogP) is 1.84. The molecule has 1 atom stereocenters. The van der Waals surface area contributed by atoms with Gasteiger partial charge in [0.1, 0.15) is 12.6 Å². The number of carbonyl (C=O) groups excluding carboxylic acids is 3. The maximum absolute atomic E-state index is 12.6. The summed E-state index contributed by atoms with van der Waals surface area (Å²) in [6.45, 7) is -0.229. The van der Waals surface area contributed by atoms with Crippen LogP contribution in [0.3, 0.4) is 0 Å². The SMILES string of the molecule is CSCC[C@H]1NC(=O)c2cc(NC(=O)Cn3cnc4ccccc4c3=O)ccc2NC1=O. The lowest BCUT2D eigenvalue weighted by Crippen LogP contribution is -2.41. The third-order valence-electron chi connectivity index (χ3n) is 5.08. The Morgan fingerprint density at radius 1 is 1.19 bits per heavy atom. The van der Waals surface area contributed by atoms with E-state index in [2.05, 4.69) is 20.9 Å². The van der Waals surface area contributed by atoms with Crippen LogP contribution in [-0.2, 0) is 16.1 Å². The number of rotatable bonds is 6. The Morgan fingerprint density at radius 2 is 2.00 bits per heavy atom. The van der Waals surface area contributed by atoms with Crippen molar-refractivity contribution in [1.29, 1.82) is 0 Å². The van der Waals surface area contributed by atoms with Gasteiger partial charge >= 0.3 is 0 Å². The van der Waals surface area contributed by atoms with E-state index in [9.17, 15) is 19.2 Å². The summed E-state index contributed by atoms with van der Waals surface area (Å²) in [7, 11) is 0. The Bertz CT molecular complexity index is 1270. The van der Waals surface area contributed by atoms with E-state index in [1.807, 2.05) is 6.26 Å². The van der Waals surface area contributed by atoms with Crippen molar-refractivity contribution >= 4 is 51.8 Å². The molecule has 0 fully saturated rings. The molecule has 0 aliphatic carbocycles. The molecule has 0 radical (unpaired) electrons. The topological polar surface area (TPSA) is 122 Å². The summed E-state index contributed by atoms with van der Waals surface area (Å²) in [5, 5.41) is 8.61. The van der Waals surface area contributed by atoms with Gasteiger partial charge in [-0.2, -0.15) is 11.8 Å². The number of amides is 3. The highest BCUT2D eigenvalue weighted by atomic mass is 32.2. The largest absolute Gasteiger partial charge is 0.340 e. The standard InChI is InChI=1S/C22H21N5O4S/c1-32-9-8-18-21(30)25-17-7-6-13(10-15(17)20(29)26-18)24-19(28)11-27-12-23-16-5-3-2-4-14(16)22(27)31/h2-7,10,12,18H,8-9,11H2,1H3,(H,24,28)(H,25,30)(H,26,29)/t18-/m1/s1. The van der Waals surface area contributed by atoms with Crippen molar-refractivity contribution in [3.05, 3.63) is 64.7 Å². The highest BCUT2D eigenvalue weighted by Crippen LogP contribution is 2.24. The van der Waals surface area contributed by atoms with Gasteiger partial charge in [0.2, 0.25) is 11.8 Å². The number of thioether (sulfide) groups is 1. The summed E-state index contributed by atoms with van der Waals surface area (Å²) in [6.07, 6.45) is 3.78. The van der Waals surface area contributed by atoms with Crippen LogP contribution in [0.4, 0.5) is 11.4 Å². The molecule has 0 spiro atoms. The van der Waals surface area contributed by atoms with Crippen LogP contribution in [0.1, 0.15) is 16.8 Å². The van der Waals surface area contributed by atoms with Gasteiger partial charge < -0.3 is 16.0 Å². The normalized spacial score (nSPS) is 15.5. The molecule has 1 aromatic heterocycles. The molecule has 3 aromatic rings. The number of nitrogens with zero attached hydrogens (tertiary/aromatic N) is 2. The van der Waals surface area contributed by atoms with Crippen LogP contribution in [0.5, 0.6) is 0 Å².